The molecule has 0 saturated carbocycles. The van der Waals surface area contributed by atoms with Crippen LogP contribution < -0.4 is 0 Å². The van der Waals surface area contributed by atoms with E-state index in [9.17, 15) is 0 Å². The van der Waals surface area contributed by atoms with Crippen molar-refractivity contribution in [3.63, 3.8) is 0 Å². The Bertz CT molecular complexity index is 61.9. The molecule has 0 aromatic carbocycles. The van der Waals surface area contributed by atoms with E-state index in [0.29, 0.717) is 0 Å². The SMILES string of the molecule is [Se]=[Si]1CCCC1. The minimum atomic E-state index is 0.118. The zero-order valence-corrected chi connectivity index (χ0v) is 6.45. The third kappa shape index (κ3) is 1.10. The van der Waals surface area contributed by atoms with Gasteiger partial charge in [0.1, 0.15) is 0 Å². The summed E-state index contributed by atoms with van der Waals surface area (Å²) in [4.78, 5) is 0. The Balaban J connectivity index is 2.37. The quantitative estimate of drug-likeness (QED) is 0.466. The molecule has 1 saturated heterocycles. The van der Waals surface area contributed by atoms with Gasteiger partial charge in [-0.15, -0.1) is 0 Å². The fourth-order valence-electron chi connectivity index (χ4n) is 0.769. The van der Waals surface area contributed by atoms with E-state index >= 15 is 0 Å². The predicted molar refractivity (Wildman–Crippen MR) is 30.4 cm³/mol. The van der Waals surface area contributed by atoms with Crippen molar-refractivity contribution in [3.05, 3.63) is 0 Å². The van der Waals surface area contributed by atoms with Gasteiger partial charge in [-0.25, -0.2) is 0 Å². The van der Waals surface area contributed by atoms with Crippen molar-refractivity contribution in [2.45, 2.75) is 24.9 Å². The molecule has 0 bridgehead atoms. The van der Waals surface area contributed by atoms with Gasteiger partial charge in [-0.1, -0.05) is 0 Å². The Labute approximate surface area is 47.2 Å². The number of hydrogen-bond donors (Lipinski definition) is 0. The van der Waals surface area contributed by atoms with Crippen molar-refractivity contribution < 1.29 is 0 Å². The van der Waals surface area contributed by atoms with Gasteiger partial charge in [0, 0.05) is 0 Å². The summed E-state index contributed by atoms with van der Waals surface area (Å²) >= 11 is 3.24. The summed E-state index contributed by atoms with van der Waals surface area (Å²) in [6, 6.07) is 3.06. The normalized spacial score (nSPS) is 22.3. The molecule has 0 amide bonds. The first kappa shape index (κ1) is 4.88. The van der Waals surface area contributed by atoms with Crippen LogP contribution in [0.25, 0.3) is 0 Å². The van der Waals surface area contributed by atoms with E-state index < -0.39 is 0 Å². The van der Waals surface area contributed by atoms with Gasteiger partial charge in [-0.05, 0) is 0 Å². The van der Waals surface area contributed by atoms with Crippen molar-refractivity contribution in [1.29, 1.82) is 0 Å². The minimum absolute atomic E-state index is 0.118. The molecule has 1 fully saturated rings. The van der Waals surface area contributed by atoms with Crippen LogP contribution in [0, 0.1) is 0 Å². The molecule has 0 radical (unpaired) electrons. The van der Waals surface area contributed by atoms with Gasteiger partial charge in [0.2, 0.25) is 0 Å². The summed E-state index contributed by atoms with van der Waals surface area (Å²) in [7, 11) is 0. The van der Waals surface area contributed by atoms with E-state index in [4.69, 9.17) is 0 Å². The van der Waals surface area contributed by atoms with Crippen LogP contribution in [-0.4, -0.2) is 21.8 Å². The molecule has 2 heteroatoms. The van der Waals surface area contributed by atoms with Crippen molar-refractivity contribution in [3.8, 4) is 0 Å². The van der Waals surface area contributed by atoms with Crippen molar-refractivity contribution in [1.82, 2.24) is 0 Å². The van der Waals surface area contributed by atoms with E-state index in [0.717, 1.165) is 0 Å². The van der Waals surface area contributed by atoms with Crippen LogP contribution in [0.4, 0.5) is 0 Å². The summed E-state index contributed by atoms with van der Waals surface area (Å²) in [5.74, 6) is 0. The molecule has 1 heterocycles. The molecule has 1 aliphatic rings. The van der Waals surface area contributed by atoms with E-state index in [1.54, 1.807) is 0 Å². The van der Waals surface area contributed by atoms with Gasteiger partial charge in [-0.3, -0.25) is 0 Å². The van der Waals surface area contributed by atoms with Gasteiger partial charge >= 0.3 is 46.8 Å². The Kier molecular flexibility index (Phi) is 1.75. The second-order valence-electron chi connectivity index (χ2n) is 1.75. The molecular formula is C4H8SeSi. The third-order valence-corrected chi connectivity index (χ3v) is 5.55. The predicted octanol–water partition coefficient (Wildman–Crippen LogP) is 0.940. The molecule has 1 rings (SSSR count). The van der Waals surface area contributed by atoms with E-state index in [1.807, 2.05) is 0 Å². The zero-order chi connectivity index (χ0) is 4.41. The summed E-state index contributed by atoms with van der Waals surface area (Å²) in [6.45, 7) is 0.118. The first-order valence-electron chi connectivity index (χ1n) is 2.41. The summed E-state index contributed by atoms with van der Waals surface area (Å²) in [5.41, 5.74) is 0. The van der Waals surface area contributed by atoms with E-state index in [2.05, 4.69) is 14.9 Å². The second kappa shape index (κ2) is 2.15. The van der Waals surface area contributed by atoms with Crippen LogP contribution in [0.2, 0.25) is 12.1 Å². The van der Waals surface area contributed by atoms with Crippen LogP contribution in [-0.2, 0) is 0 Å². The summed E-state index contributed by atoms with van der Waals surface area (Å²) in [5, 5.41) is 0. The molecule has 0 aliphatic carbocycles. The van der Waals surface area contributed by atoms with Crippen LogP contribution in [0.3, 0.4) is 0 Å². The number of rotatable bonds is 0. The van der Waals surface area contributed by atoms with Gasteiger partial charge < -0.3 is 0 Å². The van der Waals surface area contributed by atoms with E-state index in [1.165, 1.54) is 24.9 Å². The standard InChI is InChI=1S/C4H8SeSi/c5-6-3-1-2-4-6/h1-4H2. The summed E-state index contributed by atoms with van der Waals surface area (Å²) in [6.07, 6.45) is 3.00. The third-order valence-electron chi connectivity index (χ3n) is 1.16. The average molecular weight is 163 g/mol. The molecule has 34 valence electrons. The number of hydrogen-bond acceptors (Lipinski definition) is 0. The maximum atomic E-state index is 3.24. The molecule has 0 nitrogen and oxygen atoms in total. The van der Waals surface area contributed by atoms with Crippen molar-refractivity contribution in [2.24, 2.45) is 0 Å². The van der Waals surface area contributed by atoms with Gasteiger partial charge in [0.15, 0.2) is 0 Å². The Morgan fingerprint density at radius 1 is 1.17 bits per heavy atom. The Hall–Kier alpha value is 0.736. The molecule has 0 unspecified atom stereocenters. The molecule has 0 atom stereocenters. The van der Waals surface area contributed by atoms with Crippen molar-refractivity contribution in [2.75, 3.05) is 0 Å². The molecule has 6 heavy (non-hydrogen) atoms. The molecular weight excluding hydrogens is 155 g/mol. The van der Waals surface area contributed by atoms with Crippen LogP contribution in [0.15, 0.2) is 0 Å². The van der Waals surface area contributed by atoms with Crippen LogP contribution in [0.5, 0.6) is 0 Å². The van der Waals surface area contributed by atoms with Crippen molar-refractivity contribution >= 4 is 21.8 Å². The van der Waals surface area contributed by atoms with Crippen LogP contribution in [0.1, 0.15) is 12.8 Å². The average Bonchev–Trinajstić information content (AvgIpc) is 1.86. The maximum absolute atomic E-state index is 3.24. The summed E-state index contributed by atoms with van der Waals surface area (Å²) < 4.78 is 0. The topological polar surface area (TPSA) is 0 Å². The zero-order valence-electron chi connectivity index (χ0n) is 3.74. The van der Waals surface area contributed by atoms with Gasteiger partial charge in [-0.2, -0.15) is 0 Å². The molecule has 0 N–H and O–H groups in total. The first-order valence-corrected chi connectivity index (χ1v) is 6.80. The monoisotopic (exact) mass is 164 g/mol. The van der Waals surface area contributed by atoms with Gasteiger partial charge in [0.25, 0.3) is 0 Å². The Morgan fingerprint density at radius 3 is 1.83 bits per heavy atom. The molecule has 0 spiro atoms. The van der Waals surface area contributed by atoms with E-state index in [-0.39, 0.29) is 6.94 Å². The molecule has 0 aromatic rings. The second-order valence-corrected chi connectivity index (χ2v) is 7.46. The first-order chi connectivity index (χ1) is 2.89. The van der Waals surface area contributed by atoms with Gasteiger partial charge in [0.05, 0.1) is 0 Å². The Morgan fingerprint density at radius 2 is 1.67 bits per heavy atom. The fraction of sp³-hybridized carbons (Fsp3) is 1.00. The fourth-order valence-corrected chi connectivity index (χ4v) is 4.12. The van der Waals surface area contributed by atoms with Crippen LogP contribution >= 0.6 is 0 Å². The molecule has 1 aliphatic heterocycles. The molecule has 0 aromatic heterocycles.